The maximum Gasteiger partial charge on any atom is 0.219 e. The van der Waals surface area contributed by atoms with Gasteiger partial charge in [-0.3, -0.25) is 0 Å². The fraction of sp³-hybridized carbons (Fsp3) is 0.115. The average molecular weight is 396 g/mol. The monoisotopic (exact) mass is 396 g/mol. The van der Waals surface area contributed by atoms with Crippen molar-refractivity contribution < 1.29 is 19.4 Å². The van der Waals surface area contributed by atoms with Crippen molar-refractivity contribution >= 4 is 27.1 Å². The topological polar surface area (TPSA) is 53.8 Å². The largest absolute Gasteiger partial charge is 0.496 e. The summed E-state index contributed by atoms with van der Waals surface area (Å²) in [5, 5.41) is 23.6. The van der Waals surface area contributed by atoms with Crippen LogP contribution in [0.1, 0.15) is 11.1 Å². The van der Waals surface area contributed by atoms with Gasteiger partial charge in [0.1, 0.15) is 5.75 Å². The number of fused-ring (bicyclic) bond motifs is 4. The predicted octanol–water partition coefficient (Wildman–Crippen LogP) is 4.39. The molecule has 0 bridgehead atoms. The number of hydrogen-bond acceptors (Lipinski definition) is 3. The van der Waals surface area contributed by atoms with Crippen LogP contribution in [0.25, 0.3) is 38.2 Å². The van der Waals surface area contributed by atoms with Crippen LogP contribution in [0, 0.1) is 0 Å². The zero-order valence-corrected chi connectivity index (χ0v) is 16.7. The second-order valence-corrected chi connectivity index (χ2v) is 7.45. The molecule has 0 atom stereocenters. The molecule has 4 heteroatoms. The molecule has 5 aromatic rings. The minimum Gasteiger partial charge on any atom is -0.496 e. The SMILES string of the molecule is COc1cc2cc[n+]3cc4cc(CO)c(CO)cc4cc3c2cc1-c1ccccc1. The number of methoxy groups -OCH3 is 1. The van der Waals surface area contributed by atoms with Gasteiger partial charge in [0.15, 0.2) is 12.4 Å². The van der Waals surface area contributed by atoms with Crippen molar-refractivity contribution in [1.29, 1.82) is 0 Å². The van der Waals surface area contributed by atoms with Gasteiger partial charge < -0.3 is 14.9 Å². The Kier molecular flexibility index (Phi) is 4.58. The van der Waals surface area contributed by atoms with E-state index in [4.69, 9.17) is 4.74 Å². The lowest BCUT2D eigenvalue weighted by atomic mass is 9.98. The number of aromatic nitrogens is 1. The lowest BCUT2D eigenvalue weighted by molar-refractivity contribution is -0.509. The first-order valence-corrected chi connectivity index (χ1v) is 9.90. The number of hydrogen-bond donors (Lipinski definition) is 2. The number of aliphatic hydroxyl groups is 2. The van der Waals surface area contributed by atoms with Crippen LogP contribution >= 0.6 is 0 Å². The number of rotatable bonds is 4. The van der Waals surface area contributed by atoms with Crippen molar-refractivity contribution in [3.05, 3.63) is 90.3 Å². The summed E-state index contributed by atoms with van der Waals surface area (Å²) in [6.45, 7) is -0.186. The highest BCUT2D eigenvalue weighted by molar-refractivity contribution is 6.01. The molecule has 3 aromatic carbocycles. The van der Waals surface area contributed by atoms with E-state index in [9.17, 15) is 10.2 Å². The molecule has 5 rings (SSSR count). The van der Waals surface area contributed by atoms with E-state index >= 15 is 0 Å². The fourth-order valence-corrected chi connectivity index (χ4v) is 4.17. The van der Waals surface area contributed by atoms with Crippen LogP contribution in [-0.2, 0) is 13.2 Å². The molecule has 0 saturated heterocycles. The van der Waals surface area contributed by atoms with E-state index in [1.54, 1.807) is 7.11 Å². The Morgan fingerprint density at radius 1 is 0.800 bits per heavy atom. The van der Waals surface area contributed by atoms with Gasteiger partial charge in [-0.2, -0.15) is 4.40 Å². The van der Waals surface area contributed by atoms with E-state index in [0.29, 0.717) is 0 Å². The molecule has 30 heavy (non-hydrogen) atoms. The first kappa shape index (κ1) is 18.6. The summed E-state index contributed by atoms with van der Waals surface area (Å²) in [4.78, 5) is 0. The van der Waals surface area contributed by atoms with Crippen LogP contribution in [0.15, 0.2) is 79.1 Å². The van der Waals surface area contributed by atoms with Crippen LogP contribution in [0.2, 0.25) is 0 Å². The molecule has 0 spiro atoms. The molecule has 0 radical (unpaired) electrons. The molecule has 0 saturated carbocycles. The highest BCUT2D eigenvalue weighted by Gasteiger charge is 2.15. The van der Waals surface area contributed by atoms with E-state index in [0.717, 1.165) is 55.1 Å². The highest BCUT2D eigenvalue weighted by Crippen LogP contribution is 2.35. The average Bonchev–Trinajstić information content (AvgIpc) is 2.81. The van der Waals surface area contributed by atoms with Gasteiger partial charge in [-0.25, -0.2) is 0 Å². The summed E-state index contributed by atoms with van der Waals surface area (Å²) < 4.78 is 7.79. The molecular weight excluding hydrogens is 374 g/mol. The molecule has 2 N–H and O–H groups in total. The third-order valence-electron chi connectivity index (χ3n) is 5.74. The first-order chi connectivity index (χ1) is 14.7. The van der Waals surface area contributed by atoms with Crippen molar-refractivity contribution in [1.82, 2.24) is 0 Å². The predicted molar refractivity (Wildman–Crippen MR) is 118 cm³/mol. The molecule has 0 aliphatic heterocycles. The second-order valence-electron chi connectivity index (χ2n) is 7.45. The van der Waals surface area contributed by atoms with Gasteiger partial charge in [0.05, 0.1) is 25.7 Å². The van der Waals surface area contributed by atoms with Gasteiger partial charge in [-0.15, -0.1) is 0 Å². The Labute approximate surface area is 174 Å². The van der Waals surface area contributed by atoms with Gasteiger partial charge in [0.2, 0.25) is 5.52 Å². The second kappa shape index (κ2) is 7.41. The van der Waals surface area contributed by atoms with Crippen molar-refractivity contribution in [3.63, 3.8) is 0 Å². The van der Waals surface area contributed by atoms with Crippen LogP contribution in [0.3, 0.4) is 0 Å². The van der Waals surface area contributed by atoms with Crippen molar-refractivity contribution in [3.8, 4) is 16.9 Å². The quantitative estimate of drug-likeness (QED) is 0.269. The zero-order valence-electron chi connectivity index (χ0n) is 16.7. The first-order valence-electron chi connectivity index (χ1n) is 9.90. The summed E-state index contributed by atoms with van der Waals surface area (Å²) in [5.74, 6) is 0.842. The zero-order chi connectivity index (χ0) is 20.7. The Morgan fingerprint density at radius 3 is 2.23 bits per heavy atom. The van der Waals surface area contributed by atoms with Crippen molar-refractivity contribution in [2.24, 2.45) is 0 Å². The number of ether oxygens (including phenoxy) is 1. The maximum atomic E-state index is 9.68. The molecule has 0 unspecified atom stereocenters. The van der Waals surface area contributed by atoms with Gasteiger partial charge in [0, 0.05) is 23.1 Å². The Bertz CT molecular complexity index is 1390. The molecule has 4 nitrogen and oxygen atoms in total. The molecule has 2 heterocycles. The maximum absolute atomic E-state index is 9.68. The van der Waals surface area contributed by atoms with Gasteiger partial charge in [0.25, 0.3) is 0 Å². The van der Waals surface area contributed by atoms with Crippen LogP contribution in [0.5, 0.6) is 5.75 Å². The van der Waals surface area contributed by atoms with Crippen molar-refractivity contribution in [2.45, 2.75) is 13.2 Å². The van der Waals surface area contributed by atoms with Crippen LogP contribution in [0.4, 0.5) is 0 Å². The lowest BCUT2D eigenvalue weighted by Gasteiger charge is -2.11. The Morgan fingerprint density at radius 2 is 1.53 bits per heavy atom. The smallest absolute Gasteiger partial charge is 0.219 e. The third-order valence-corrected chi connectivity index (χ3v) is 5.74. The summed E-state index contributed by atoms with van der Waals surface area (Å²) in [6, 6.07) is 22.6. The summed E-state index contributed by atoms with van der Waals surface area (Å²) >= 11 is 0. The van der Waals surface area contributed by atoms with Gasteiger partial charge >= 0.3 is 0 Å². The molecular formula is C26H22NO3+. The molecule has 0 amide bonds. The van der Waals surface area contributed by atoms with E-state index in [1.807, 2.05) is 36.5 Å². The molecule has 0 aliphatic carbocycles. The fourth-order valence-electron chi connectivity index (χ4n) is 4.17. The van der Waals surface area contributed by atoms with E-state index in [2.05, 4.69) is 47.0 Å². The molecule has 0 fully saturated rings. The van der Waals surface area contributed by atoms with E-state index in [1.165, 1.54) is 0 Å². The number of aliphatic hydroxyl groups excluding tert-OH is 2. The Balaban J connectivity index is 1.83. The normalized spacial score (nSPS) is 11.4. The number of nitrogens with zero attached hydrogens (tertiary/aromatic N) is 1. The van der Waals surface area contributed by atoms with Crippen molar-refractivity contribution in [2.75, 3.05) is 7.11 Å². The minimum atomic E-state index is -0.0953. The summed E-state index contributed by atoms with van der Waals surface area (Å²) in [6.07, 6.45) is 4.11. The van der Waals surface area contributed by atoms with E-state index in [-0.39, 0.29) is 13.2 Å². The molecule has 2 aromatic heterocycles. The number of pyridine rings is 2. The van der Waals surface area contributed by atoms with Crippen LogP contribution in [-0.4, -0.2) is 17.3 Å². The molecule has 148 valence electrons. The standard InChI is InChI=1S/C26H22NO3/c1-30-26-12-18-7-8-27-14-20-10-22(16-29)21(15-28)9-19(20)11-25(27)23(18)13-24(26)17-5-3-2-4-6-17/h2-14,28-29H,15-16H2,1H3/q+1. The number of benzene rings is 3. The lowest BCUT2D eigenvalue weighted by Crippen LogP contribution is -2.20. The van der Waals surface area contributed by atoms with E-state index < -0.39 is 0 Å². The highest BCUT2D eigenvalue weighted by atomic mass is 16.5. The molecule has 0 aliphatic rings. The van der Waals surface area contributed by atoms with Crippen LogP contribution < -0.4 is 9.14 Å². The minimum absolute atomic E-state index is 0.0908. The third kappa shape index (κ3) is 2.98. The Hall–Kier alpha value is -3.47. The summed E-state index contributed by atoms with van der Waals surface area (Å²) in [7, 11) is 1.70. The summed E-state index contributed by atoms with van der Waals surface area (Å²) in [5.41, 5.74) is 4.73. The van der Waals surface area contributed by atoms with Gasteiger partial charge in [-0.05, 0) is 51.7 Å². The van der Waals surface area contributed by atoms with Gasteiger partial charge in [-0.1, -0.05) is 30.3 Å².